The first-order chi connectivity index (χ1) is 10.1. The number of aliphatic hydroxyl groups is 1. The highest BCUT2D eigenvalue weighted by molar-refractivity contribution is 6.30. The SMILES string of the molecule is O=C(NC1CCc2cc(Cl)ccc21)C(O)c1ccccc1. The van der Waals surface area contributed by atoms with E-state index in [0.29, 0.717) is 10.6 Å². The monoisotopic (exact) mass is 301 g/mol. The maximum atomic E-state index is 12.2. The fraction of sp³-hybridized carbons (Fsp3) is 0.235. The summed E-state index contributed by atoms with van der Waals surface area (Å²) in [6.45, 7) is 0. The summed E-state index contributed by atoms with van der Waals surface area (Å²) >= 11 is 5.98. The van der Waals surface area contributed by atoms with Crippen molar-refractivity contribution in [2.24, 2.45) is 0 Å². The number of aryl methyl sites for hydroxylation is 1. The van der Waals surface area contributed by atoms with Crippen LogP contribution in [0, 0.1) is 0 Å². The van der Waals surface area contributed by atoms with Crippen LogP contribution >= 0.6 is 11.6 Å². The molecule has 0 fully saturated rings. The highest BCUT2D eigenvalue weighted by Gasteiger charge is 2.26. The van der Waals surface area contributed by atoms with Gasteiger partial charge in [-0.05, 0) is 41.7 Å². The van der Waals surface area contributed by atoms with Crippen molar-refractivity contribution < 1.29 is 9.90 Å². The Balaban J connectivity index is 1.72. The number of fused-ring (bicyclic) bond motifs is 1. The molecule has 2 N–H and O–H groups in total. The fourth-order valence-electron chi connectivity index (χ4n) is 2.77. The van der Waals surface area contributed by atoms with Gasteiger partial charge in [0.05, 0.1) is 6.04 Å². The number of amides is 1. The van der Waals surface area contributed by atoms with Crippen LogP contribution in [0.15, 0.2) is 48.5 Å². The molecule has 2 atom stereocenters. The second-order valence-corrected chi connectivity index (χ2v) is 5.69. The van der Waals surface area contributed by atoms with Crippen LogP contribution in [-0.4, -0.2) is 11.0 Å². The van der Waals surface area contributed by atoms with Gasteiger partial charge in [-0.2, -0.15) is 0 Å². The lowest BCUT2D eigenvalue weighted by Crippen LogP contribution is -2.32. The number of carbonyl (C=O) groups is 1. The van der Waals surface area contributed by atoms with E-state index in [1.54, 1.807) is 24.3 Å². The van der Waals surface area contributed by atoms with E-state index in [-0.39, 0.29) is 11.9 Å². The molecule has 0 radical (unpaired) electrons. The lowest BCUT2D eigenvalue weighted by molar-refractivity contribution is -0.130. The Morgan fingerprint density at radius 2 is 2.00 bits per heavy atom. The van der Waals surface area contributed by atoms with Crippen LogP contribution in [0.3, 0.4) is 0 Å². The zero-order valence-electron chi connectivity index (χ0n) is 11.4. The number of nitrogens with one attached hydrogen (secondary N) is 1. The van der Waals surface area contributed by atoms with Gasteiger partial charge in [0.25, 0.3) is 5.91 Å². The number of aliphatic hydroxyl groups excluding tert-OH is 1. The van der Waals surface area contributed by atoms with Crippen molar-refractivity contribution in [1.29, 1.82) is 0 Å². The van der Waals surface area contributed by atoms with Crippen molar-refractivity contribution in [2.45, 2.75) is 25.0 Å². The molecule has 1 aliphatic rings. The van der Waals surface area contributed by atoms with Gasteiger partial charge in [0.15, 0.2) is 6.10 Å². The molecule has 1 aliphatic carbocycles. The molecule has 0 saturated carbocycles. The van der Waals surface area contributed by atoms with E-state index in [1.807, 2.05) is 24.3 Å². The average molecular weight is 302 g/mol. The Kier molecular flexibility index (Phi) is 3.95. The lowest BCUT2D eigenvalue weighted by Gasteiger charge is -2.17. The number of carbonyl (C=O) groups excluding carboxylic acids is 1. The van der Waals surface area contributed by atoms with Crippen LogP contribution in [0.25, 0.3) is 0 Å². The normalized spacial score (nSPS) is 18.1. The molecule has 2 aromatic carbocycles. The molecule has 0 aromatic heterocycles. The summed E-state index contributed by atoms with van der Waals surface area (Å²) in [7, 11) is 0. The number of halogens is 1. The largest absolute Gasteiger partial charge is 0.378 e. The molecule has 0 bridgehead atoms. The molecule has 0 heterocycles. The Bertz CT molecular complexity index is 657. The molecule has 1 amide bonds. The minimum Gasteiger partial charge on any atom is -0.378 e. The Morgan fingerprint density at radius 1 is 1.24 bits per heavy atom. The first-order valence-electron chi connectivity index (χ1n) is 6.97. The summed E-state index contributed by atoms with van der Waals surface area (Å²) in [5, 5.41) is 13.7. The molecule has 0 spiro atoms. The van der Waals surface area contributed by atoms with E-state index >= 15 is 0 Å². The average Bonchev–Trinajstić information content (AvgIpc) is 2.89. The van der Waals surface area contributed by atoms with Gasteiger partial charge < -0.3 is 10.4 Å². The zero-order valence-corrected chi connectivity index (χ0v) is 12.2. The number of hydrogen-bond acceptors (Lipinski definition) is 2. The third-order valence-corrected chi connectivity index (χ3v) is 4.10. The second kappa shape index (κ2) is 5.88. The van der Waals surface area contributed by atoms with Gasteiger partial charge >= 0.3 is 0 Å². The summed E-state index contributed by atoms with van der Waals surface area (Å²) in [4.78, 5) is 12.2. The summed E-state index contributed by atoms with van der Waals surface area (Å²) in [6.07, 6.45) is 0.591. The van der Waals surface area contributed by atoms with E-state index in [9.17, 15) is 9.90 Å². The third kappa shape index (κ3) is 2.94. The zero-order chi connectivity index (χ0) is 14.8. The Hall–Kier alpha value is -1.84. The Labute approximate surface area is 128 Å². The van der Waals surface area contributed by atoms with E-state index in [4.69, 9.17) is 11.6 Å². The lowest BCUT2D eigenvalue weighted by atomic mass is 10.1. The number of benzene rings is 2. The molecule has 3 rings (SSSR count). The molecular weight excluding hydrogens is 286 g/mol. The van der Waals surface area contributed by atoms with Gasteiger partial charge in [0.2, 0.25) is 0 Å². The van der Waals surface area contributed by atoms with Gasteiger partial charge in [-0.1, -0.05) is 48.0 Å². The second-order valence-electron chi connectivity index (χ2n) is 5.26. The Morgan fingerprint density at radius 3 is 2.76 bits per heavy atom. The first-order valence-corrected chi connectivity index (χ1v) is 7.34. The van der Waals surface area contributed by atoms with Crippen molar-refractivity contribution >= 4 is 17.5 Å². The molecule has 0 saturated heterocycles. The summed E-state index contributed by atoms with van der Waals surface area (Å²) in [6, 6.07) is 14.6. The first kappa shape index (κ1) is 14.1. The van der Waals surface area contributed by atoms with Crippen molar-refractivity contribution in [3.05, 3.63) is 70.2 Å². The molecule has 4 heteroatoms. The van der Waals surface area contributed by atoms with E-state index in [0.717, 1.165) is 18.4 Å². The maximum Gasteiger partial charge on any atom is 0.253 e. The predicted octanol–water partition coefficient (Wildman–Crippen LogP) is 3.18. The molecule has 3 nitrogen and oxygen atoms in total. The quantitative estimate of drug-likeness (QED) is 0.915. The molecular formula is C17H16ClNO2. The smallest absolute Gasteiger partial charge is 0.253 e. The van der Waals surface area contributed by atoms with Crippen LogP contribution in [-0.2, 0) is 11.2 Å². The third-order valence-electron chi connectivity index (χ3n) is 3.86. The van der Waals surface area contributed by atoms with Crippen LogP contribution in [0.4, 0.5) is 0 Å². The van der Waals surface area contributed by atoms with Crippen LogP contribution in [0.1, 0.15) is 35.3 Å². The fourth-order valence-corrected chi connectivity index (χ4v) is 2.97. The van der Waals surface area contributed by atoms with Crippen molar-refractivity contribution in [3.63, 3.8) is 0 Å². The molecule has 2 aromatic rings. The molecule has 2 unspecified atom stereocenters. The summed E-state index contributed by atoms with van der Waals surface area (Å²) < 4.78 is 0. The van der Waals surface area contributed by atoms with Crippen LogP contribution in [0.5, 0.6) is 0 Å². The van der Waals surface area contributed by atoms with Crippen LogP contribution < -0.4 is 5.32 Å². The van der Waals surface area contributed by atoms with Gasteiger partial charge in [0.1, 0.15) is 0 Å². The number of rotatable bonds is 3. The van der Waals surface area contributed by atoms with E-state index in [2.05, 4.69) is 5.32 Å². The highest BCUT2D eigenvalue weighted by atomic mass is 35.5. The van der Waals surface area contributed by atoms with E-state index in [1.165, 1.54) is 5.56 Å². The van der Waals surface area contributed by atoms with Gasteiger partial charge in [-0.3, -0.25) is 4.79 Å². The minimum atomic E-state index is -1.14. The molecule has 108 valence electrons. The van der Waals surface area contributed by atoms with Crippen LogP contribution in [0.2, 0.25) is 5.02 Å². The predicted molar refractivity (Wildman–Crippen MR) is 82.1 cm³/mol. The van der Waals surface area contributed by atoms with Gasteiger partial charge in [0, 0.05) is 5.02 Å². The topological polar surface area (TPSA) is 49.3 Å². The minimum absolute atomic E-state index is 0.0527. The summed E-state index contributed by atoms with van der Waals surface area (Å²) in [5.74, 6) is -0.367. The van der Waals surface area contributed by atoms with E-state index < -0.39 is 6.10 Å². The van der Waals surface area contributed by atoms with Crippen molar-refractivity contribution in [2.75, 3.05) is 0 Å². The van der Waals surface area contributed by atoms with Gasteiger partial charge in [-0.25, -0.2) is 0 Å². The molecule has 21 heavy (non-hydrogen) atoms. The standard InChI is InChI=1S/C17H16ClNO2/c18-13-7-8-14-12(10-13)6-9-15(14)19-17(21)16(20)11-4-2-1-3-5-11/h1-5,7-8,10,15-16,20H,6,9H2,(H,19,21). The van der Waals surface area contributed by atoms with Crippen molar-refractivity contribution in [1.82, 2.24) is 5.32 Å². The highest BCUT2D eigenvalue weighted by Crippen LogP contribution is 2.33. The summed E-state index contributed by atoms with van der Waals surface area (Å²) in [5.41, 5.74) is 2.86. The van der Waals surface area contributed by atoms with Crippen molar-refractivity contribution in [3.8, 4) is 0 Å². The number of hydrogen-bond donors (Lipinski definition) is 2. The maximum absolute atomic E-state index is 12.2. The van der Waals surface area contributed by atoms with Gasteiger partial charge in [-0.15, -0.1) is 0 Å². The molecule has 0 aliphatic heterocycles.